The van der Waals surface area contributed by atoms with E-state index in [1.54, 1.807) is 19.9 Å². The molecule has 0 saturated carbocycles. The summed E-state index contributed by atoms with van der Waals surface area (Å²) in [6.45, 7) is 5.01. The van der Waals surface area contributed by atoms with Gasteiger partial charge in [-0.05, 0) is 31.0 Å². The monoisotopic (exact) mass is 249 g/mol. The van der Waals surface area contributed by atoms with Gasteiger partial charge < -0.3 is 9.84 Å². The minimum absolute atomic E-state index is 0.167. The second-order valence-electron chi connectivity index (χ2n) is 4.25. The normalized spacial score (nSPS) is 10.8. The number of benzene rings is 1. The topological polar surface area (TPSA) is 51.0 Å². The first kappa shape index (κ1) is 12.7. The number of halogens is 1. The molecule has 18 heavy (non-hydrogen) atoms. The highest BCUT2D eigenvalue weighted by atomic mass is 19.1. The van der Waals surface area contributed by atoms with Gasteiger partial charge in [0.25, 0.3) is 0 Å². The van der Waals surface area contributed by atoms with Crippen LogP contribution in [0.25, 0.3) is 0 Å². The van der Waals surface area contributed by atoms with Crippen LogP contribution in [0, 0.1) is 19.7 Å². The number of nitrogens with zero attached hydrogens (tertiary/aromatic N) is 2. The Hall–Kier alpha value is -1.75. The van der Waals surface area contributed by atoms with Crippen LogP contribution in [-0.2, 0) is 13.0 Å². The number of hydrogen-bond donors (Lipinski definition) is 1. The Morgan fingerprint density at radius 3 is 2.83 bits per heavy atom. The maximum absolute atomic E-state index is 13.1. The van der Waals surface area contributed by atoms with Crippen LogP contribution in [0.5, 0.6) is 0 Å². The summed E-state index contributed by atoms with van der Waals surface area (Å²) in [7, 11) is 0. The van der Waals surface area contributed by atoms with Gasteiger partial charge in [-0.1, -0.05) is 17.3 Å². The zero-order valence-electron chi connectivity index (χ0n) is 10.5. The molecule has 0 aliphatic heterocycles. The predicted octanol–water partition coefficient (Wildman–Crippen LogP) is 2.16. The lowest BCUT2D eigenvalue weighted by Gasteiger charge is -2.04. The van der Waals surface area contributed by atoms with Crippen LogP contribution in [-0.4, -0.2) is 16.7 Å². The van der Waals surface area contributed by atoms with Crippen LogP contribution in [0.2, 0.25) is 0 Å². The molecule has 1 aromatic heterocycles. The lowest BCUT2D eigenvalue weighted by atomic mass is 10.1. The van der Waals surface area contributed by atoms with Crippen molar-refractivity contribution in [2.45, 2.75) is 26.8 Å². The minimum Gasteiger partial charge on any atom is -0.339 e. The molecule has 0 bridgehead atoms. The number of nitrogens with one attached hydrogen (secondary N) is 1. The molecule has 0 radical (unpaired) electrons. The van der Waals surface area contributed by atoms with Gasteiger partial charge in [0.05, 0.1) is 0 Å². The molecule has 2 rings (SSSR count). The van der Waals surface area contributed by atoms with Gasteiger partial charge in [-0.15, -0.1) is 0 Å². The fourth-order valence-corrected chi connectivity index (χ4v) is 1.69. The highest BCUT2D eigenvalue weighted by Gasteiger charge is 2.02. The van der Waals surface area contributed by atoms with Gasteiger partial charge >= 0.3 is 0 Å². The Morgan fingerprint density at radius 1 is 1.33 bits per heavy atom. The molecule has 96 valence electrons. The maximum Gasteiger partial charge on any atom is 0.227 e. The second kappa shape index (κ2) is 5.73. The van der Waals surface area contributed by atoms with E-state index in [-0.39, 0.29) is 5.82 Å². The molecule has 0 atom stereocenters. The van der Waals surface area contributed by atoms with Gasteiger partial charge in [0, 0.05) is 19.5 Å². The number of hydrogen-bond acceptors (Lipinski definition) is 4. The van der Waals surface area contributed by atoms with Gasteiger partial charge in [-0.25, -0.2) is 4.39 Å². The molecule has 1 heterocycles. The van der Waals surface area contributed by atoms with E-state index in [0.29, 0.717) is 30.2 Å². The standard InChI is InChI=1S/C13H16FN3O/c1-9-7-11(3-4-12(9)14)8-15-6-5-13-16-10(2)17-18-13/h3-4,7,15H,5-6,8H2,1-2H3. The predicted molar refractivity (Wildman–Crippen MR) is 65.6 cm³/mol. The first-order valence-corrected chi connectivity index (χ1v) is 5.90. The van der Waals surface area contributed by atoms with Gasteiger partial charge in [-0.3, -0.25) is 0 Å². The maximum atomic E-state index is 13.1. The van der Waals surface area contributed by atoms with E-state index in [1.807, 2.05) is 6.07 Å². The summed E-state index contributed by atoms with van der Waals surface area (Å²) >= 11 is 0. The van der Waals surface area contributed by atoms with E-state index in [2.05, 4.69) is 15.5 Å². The Kier molecular flexibility index (Phi) is 4.04. The number of rotatable bonds is 5. The summed E-state index contributed by atoms with van der Waals surface area (Å²) in [5.74, 6) is 1.12. The minimum atomic E-state index is -0.167. The van der Waals surface area contributed by atoms with Crippen molar-refractivity contribution < 1.29 is 8.91 Å². The fraction of sp³-hybridized carbons (Fsp3) is 0.385. The molecular weight excluding hydrogens is 233 g/mol. The molecule has 0 amide bonds. The summed E-state index contributed by atoms with van der Waals surface area (Å²) in [4.78, 5) is 4.11. The quantitative estimate of drug-likeness (QED) is 0.825. The SMILES string of the molecule is Cc1noc(CCNCc2ccc(F)c(C)c2)n1. The molecule has 0 saturated heterocycles. The average molecular weight is 249 g/mol. The van der Waals surface area contributed by atoms with E-state index < -0.39 is 0 Å². The van der Waals surface area contributed by atoms with Crippen molar-refractivity contribution in [1.29, 1.82) is 0 Å². The van der Waals surface area contributed by atoms with E-state index in [4.69, 9.17) is 4.52 Å². The van der Waals surface area contributed by atoms with Crippen LogP contribution in [0.1, 0.15) is 22.8 Å². The largest absolute Gasteiger partial charge is 0.339 e. The molecule has 0 spiro atoms. The van der Waals surface area contributed by atoms with Crippen molar-refractivity contribution in [2.75, 3.05) is 6.54 Å². The third-order valence-corrected chi connectivity index (χ3v) is 2.64. The van der Waals surface area contributed by atoms with Crippen molar-refractivity contribution in [2.24, 2.45) is 0 Å². The molecule has 0 unspecified atom stereocenters. The zero-order valence-corrected chi connectivity index (χ0v) is 10.5. The molecule has 1 N–H and O–H groups in total. The van der Waals surface area contributed by atoms with Crippen LogP contribution >= 0.6 is 0 Å². The summed E-state index contributed by atoms with van der Waals surface area (Å²) in [5, 5.41) is 6.98. The second-order valence-corrected chi connectivity index (χ2v) is 4.25. The van der Waals surface area contributed by atoms with Crippen LogP contribution in [0.15, 0.2) is 22.7 Å². The Bertz CT molecular complexity index is 525. The van der Waals surface area contributed by atoms with Crippen molar-refractivity contribution in [3.05, 3.63) is 46.9 Å². The molecule has 0 aliphatic rings. The number of aromatic nitrogens is 2. The third-order valence-electron chi connectivity index (χ3n) is 2.64. The van der Waals surface area contributed by atoms with E-state index in [0.717, 1.165) is 12.1 Å². The van der Waals surface area contributed by atoms with Gasteiger partial charge in [-0.2, -0.15) is 4.98 Å². The average Bonchev–Trinajstić information content (AvgIpc) is 2.75. The van der Waals surface area contributed by atoms with Crippen LogP contribution < -0.4 is 5.32 Å². The van der Waals surface area contributed by atoms with E-state index in [9.17, 15) is 4.39 Å². The highest BCUT2D eigenvalue weighted by molar-refractivity contribution is 5.23. The van der Waals surface area contributed by atoms with Gasteiger partial charge in [0.15, 0.2) is 5.82 Å². The smallest absolute Gasteiger partial charge is 0.227 e. The molecule has 2 aromatic rings. The molecule has 5 heteroatoms. The van der Waals surface area contributed by atoms with E-state index in [1.165, 1.54) is 6.07 Å². The van der Waals surface area contributed by atoms with Gasteiger partial charge in [0.1, 0.15) is 5.82 Å². The van der Waals surface area contributed by atoms with Crippen molar-refractivity contribution in [3.63, 3.8) is 0 Å². The Balaban J connectivity index is 1.76. The zero-order chi connectivity index (χ0) is 13.0. The Labute approximate surface area is 105 Å². The summed E-state index contributed by atoms with van der Waals surface area (Å²) in [6, 6.07) is 5.12. The first-order valence-electron chi connectivity index (χ1n) is 5.90. The van der Waals surface area contributed by atoms with Crippen molar-refractivity contribution in [3.8, 4) is 0 Å². The van der Waals surface area contributed by atoms with Crippen molar-refractivity contribution >= 4 is 0 Å². The number of aryl methyl sites for hydroxylation is 2. The van der Waals surface area contributed by atoms with E-state index >= 15 is 0 Å². The molecule has 4 nitrogen and oxygen atoms in total. The van der Waals surface area contributed by atoms with Crippen LogP contribution in [0.4, 0.5) is 4.39 Å². The summed E-state index contributed by atoms with van der Waals surface area (Å²) in [6.07, 6.45) is 0.695. The van der Waals surface area contributed by atoms with Crippen LogP contribution in [0.3, 0.4) is 0 Å². The molecule has 0 aliphatic carbocycles. The fourth-order valence-electron chi connectivity index (χ4n) is 1.69. The van der Waals surface area contributed by atoms with Gasteiger partial charge in [0.2, 0.25) is 5.89 Å². The highest BCUT2D eigenvalue weighted by Crippen LogP contribution is 2.08. The molecular formula is C13H16FN3O. The third kappa shape index (κ3) is 3.37. The summed E-state index contributed by atoms with van der Waals surface area (Å²) < 4.78 is 18.1. The molecule has 0 fully saturated rings. The van der Waals surface area contributed by atoms with Crippen molar-refractivity contribution in [1.82, 2.24) is 15.5 Å². The molecule has 1 aromatic carbocycles. The summed E-state index contributed by atoms with van der Waals surface area (Å²) in [5.41, 5.74) is 1.73. The first-order chi connectivity index (χ1) is 8.65. The Morgan fingerprint density at radius 2 is 2.17 bits per heavy atom. The lowest BCUT2D eigenvalue weighted by molar-refractivity contribution is 0.372. The lowest BCUT2D eigenvalue weighted by Crippen LogP contribution is -2.17.